The number of rotatable bonds is 0. The van der Waals surface area contributed by atoms with Gasteiger partial charge in [-0.2, -0.15) is 0 Å². The Morgan fingerprint density at radius 3 is 1.33 bits per heavy atom. The summed E-state index contributed by atoms with van der Waals surface area (Å²) in [5, 5.41) is 7.57. The minimum atomic E-state index is -0.750. The number of ketones is 1. The fourth-order valence-electron chi connectivity index (χ4n) is 0. The smallest absolute Gasteiger partial charge is 0.180 e. The van der Waals surface area contributed by atoms with Crippen molar-refractivity contribution in [2.45, 2.75) is 25.1 Å². The summed E-state index contributed by atoms with van der Waals surface area (Å²) in [5.41, 5.74) is 0. The molecule has 0 saturated carbocycles. The quantitative estimate of drug-likeness (QED) is 0.657. The molecule has 12 heavy (non-hydrogen) atoms. The SMILES string of the molecule is CC(C)=O.CCO.ClC(Cl)Cl.O. The zero-order valence-corrected chi connectivity index (χ0v) is 9.54. The average molecular weight is 242 g/mol. The lowest BCUT2D eigenvalue weighted by molar-refractivity contribution is -0.114. The first-order chi connectivity index (χ1) is 4.88. The summed E-state index contributed by atoms with van der Waals surface area (Å²) in [7, 11) is 0. The van der Waals surface area contributed by atoms with E-state index < -0.39 is 4.30 Å². The van der Waals surface area contributed by atoms with Crippen molar-refractivity contribution in [3.63, 3.8) is 0 Å². The predicted octanol–water partition coefficient (Wildman–Crippen LogP) is 1.76. The molecular formula is C6H15Cl3O3. The molecule has 0 aromatic rings. The van der Waals surface area contributed by atoms with Crippen LogP contribution in [0, 0.1) is 0 Å². The van der Waals surface area contributed by atoms with E-state index in [0.29, 0.717) is 0 Å². The van der Waals surface area contributed by atoms with Crippen molar-refractivity contribution in [3.8, 4) is 0 Å². The normalized spacial score (nSPS) is 6.67. The van der Waals surface area contributed by atoms with Crippen molar-refractivity contribution in [2.24, 2.45) is 0 Å². The molecule has 0 aliphatic rings. The highest BCUT2D eigenvalue weighted by Crippen LogP contribution is 2.03. The Bertz CT molecular complexity index is 71.7. The maximum atomic E-state index is 9.44. The largest absolute Gasteiger partial charge is 0.412 e. The van der Waals surface area contributed by atoms with Gasteiger partial charge in [0.2, 0.25) is 0 Å². The Balaban J connectivity index is -0.0000000389. The number of hydrogen-bond acceptors (Lipinski definition) is 2. The molecule has 0 rings (SSSR count). The molecule has 0 spiro atoms. The molecule has 0 bridgehead atoms. The van der Waals surface area contributed by atoms with Gasteiger partial charge in [0.25, 0.3) is 0 Å². The van der Waals surface area contributed by atoms with E-state index in [2.05, 4.69) is 0 Å². The monoisotopic (exact) mass is 240 g/mol. The van der Waals surface area contributed by atoms with Crippen LogP contribution in [0.15, 0.2) is 0 Å². The Kier molecular flexibility index (Phi) is 42.9. The summed E-state index contributed by atoms with van der Waals surface area (Å²) in [5.74, 6) is 0.167. The van der Waals surface area contributed by atoms with Gasteiger partial charge in [-0.1, -0.05) is 34.8 Å². The van der Waals surface area contributed by atoms with E-state index in [0.717, 1.165) is 0 Å². The lowest BCUT2D eigenvalue weighted by Crippen LogP contribution is -1.69. The van der Waals surface area contributed by atoms with Crippen LogP contribution in [0.1, 0.15) is 20.8 Å². The fraction of sp³-hybridized carbons (Fsp3) is 0.833. The van der Waals surface area contributed by atoms with Gasteiger partial charge in [-0.15, -0.1) is 0 Å². The molecule has 3 nitrogen and oxygen atoms in total. The van der Waals surface area contributed by atoms with Crippen LogP contribution in [0.25, 0.3) is 0 Å². The molecule has 78 valence electrons. The van der Waals surface area contributed by atoms with Gasteiger partial charge in [0.15, 0.2) is 4.30 Å². The summed E-state index contributed by atoms with van der Waals surface area (Å²) in [6, 6.07) is 0. The third-order valence-electron chi connectivity index (χ3n) is 0. The minimum absolute atomic E-state index is 0. The molecule has 3 N–H and O–H groups in total. The summed E-state index contributed by atoms with van der Waals surface area (Å²) < 4.78 is -0.750. The number of halogens is 3. The average Bonchev–Trinajstić information content (AvgIpc) is 1.60. The summed E-state index contributed by atoms with van der Waals surface area (Å²) >= 11 is 14.4. The first-order valence-corrected chi connectivity index (χ1v) is 4.19. The van der Waals surface area contributed by atoms with Gasteiger partial charge in [0, 0.05) is 6.61 Å². The van der Waals surface area contributed by atoms with Gasteiger partial charge in [-0.3, -0.25) is 0 Å². The minimum Gasteiger partial charge on any atom is -0.412 e. The molecule has 0 aliphatic heterocycles. The highest BCUT2D eigenvalue weighted by atomic mass is 35.6. The number of carbonyl (C=O) groups is 1. The van der Waals surface area contributed by atoms with E-state index in [1.165, 1.54) is 13.8 Å². The molecule has 0 unspecified atom stereocenters. The van der Waals surface area contributed by atoms with Gasteiger partial charge in [0.1, 0.15) is 5.78 Å². The number of Topliss-reactive ketones (excluding diaryl/α,β-unsaturated/α-hetero) is 1. The van der Waals surface area contributed by atoms with Crippen molar-refractivity contribution in [2.75, 3.05) is 6.61 Å². The Labute approximate surface area is 87.9 Å². The van der Waals surface area contributed by atoms with E-state index >= 15 is 0 Å². The molecule has 0 heterocycles. The van der Waals surface area contributed by atoms with E-state index in [4.69, 9.17) is 39.9 Å². The Hall–Kier alpha value is 0.460. The number of alkyl halides is 3. The lowest BCUT2D eigenvalue weighted by atomic mass is 10.6. The number of aliphatic hydroxyl groups is 1. The number of aliphatic hydroxyl groups excluding tert-OH is 1. The first-order valence-electron chi connectivity index (χ1n) is 2.88. The summed E-state index contributed by atoms with van der Waals surface area (Å²) in [6.07, 6.45) is 0. The van der Waals surface area contributed by atoms with Crippen LogP contribution in [-0.4, -0.2) is 27.3 Å². The number of hydrogen-bond donors (Lipinski definition) is 1. The third kappa shape index (κ3) is 4420. The summed E-state index contributed by atoms with van der Waals surface area (Å²) in [4.78, 5) is 9.44. The topological polar surface area (TPSA) is 68.8 Å². The molecule has 0 aromatic heterocycles. The molecule has 0 aliphatic carbocycles. The Morgan fingerprint density at radius 2 is 1.33 bits per heavy atom. The van der Waals surface area contributed by atoms with Crippen LogP contribution in [-0.2, 0) is 4.79 Å². The molecule has 0 saturated heterocycles. The lowest BCUT2D eigenvalue weighted by Gasteiger charge is -1.69. The molecule has 6 heteroatoms. The van der Waals surface area contributed by atoms with Crippen LogP contribution >= 0.6 is 34.8 Å². The molecular weight excluding hydrogens is 226 g/mol. The fourth-order valence-corrected chi connectivity index (χ4v) is 0. The van der Waals surface area contributed by atoms with Crippen LogP contribution in [0.2, 0.25) is 0 Å². The van der Waals surface area contributed by atoms with Crippen molar-refractivity contribution in [1.29, 1.82) is 0 Å². The second-order valence-corrected chi connectivity index (χ2v) is 3.45. The Morgan fingerprint density at radius 1 is 1.33 bits per heavy atom. The van der Waals surface area contributed by atoms with Crippen LogP contribution < -0.4 is 0 Å². The number of carbonyl (C=O) groups excluding carboxylic acids is 1. The van der Waals surface area contributed by atoms with Crippen LogP contribution in [0.5, 0.6) is 0 Å². The van der Waals surface area contributed by atoms with Gasteiger partial charge in [0.05, 0.1) is 0 Å². The molecule has 0 radical (unpaired) electrons. The second kappa shape index (κ2) is 22.5. The molecule has 0 atom stereocenters. The zero-order valence-electron chi connectivity index (χ0n) is 7.27. The van der Waals surface area contributed by atoms with E-state index in [-0.39, 0.29) is 17.9 Å². The highest BCUT2D eigenvalue weighted by molar-refractivity contribution is 6.63. The van der Waals surface area contributed by atoms with Crippen LogP contribution in [0.3, 0.4) is 0 Å². The highest BCUT2D eigenvalue weighted by Gasteiger charge is 1.78. The van der Waals surface area contributed by atoms with Gasteiger partial charge in [-0.05, 0) is 20.8 Å². The van der Waals surface area contributed by atoms with Gasteiger partial charge >= 0.3 is 0 Å². The maximum absolute atomic E-state index is 9.44. The van der Waals surface area contributed by atoms with Crippen LogP contribution in [0.4, 0.5) is 0 Å². The van der Waals surface area contributed by atoms with Crippen molar-refractivity contribution in [3.05, 3.63) is 0 Å². The molecule has 0 aromatic carbocycles. The molecule has 0 amide bonds. The summed E-state index contributed by atoms with van der Waals surface area (Å²) in [6.45, 7) is 4.99. The van der Waals surface area contributed by atoms with Crippen molar-refractivity contribution in [1.82, 2.24) is 0 Å². The predicted molar refractivity (Wildman–Crippen MR) is 54.1 cm³/mol. The third-order valence-corrected chi connectivity index (χ3v) is 0. The van der Waals surface area contributed by atoms with E-state index in [9.17, 15) is 4.79 Å². The maximum Gasteiger partial charge on any atom is 0.180 e. The standard InChI is InChI=1S/C3H6O.C2H6O.CHCl3.H2O/c1-3(2)4;1-2-3;2-1(3)4;/h1-2H3;3H,2H2,1H3;1H;1H2. The van der Waals surface area contributed by atoms with Crippen molar-refractivity contribution >= 4 is 40.6 Å². The molecule has 0 fully saturated rings. The van der Waals surface area contributed by atoms with Gasteiger partial charge < -0.3 is 15.4 Å². The first kappa shape index (κ1) is 22.9. The van der Waals surface area contributed by atoms with E-state index in [1.54, 1.807) is 6.92 Å². The zero-order chi connectivity index (χ0) is 9.86. The van der Waals surface area contributed by atoms with E-state index in [1.807, 2.05) is 0 Å². The second-order valence-electron chi connectivity index (χ2n) is 1.47. The van der Waals surface area contributed by atoms with Crippen molar-refractivity contribution < 1.29 is 15.4 Å². The van der Waals surface area contributed by atoms with Gasteiger partial charge in [-0.25, -0.2) is 0 Å².